The van der Waals surface area contributed by atoms with Gasteiger partial charge in [-0.2, -0.15) is 0 Å². The zero-order chi connectivity index (χ0) is 15.9. The van der Waals surface area contributed by atoms with Gasteiger partial charge in [0.25, 0.3) is 5.91 Å². The molecule has 5 heteroatoms. The summed E-state index contributed by atoms with van der Waals surface area (Å²) in [6, 6.07) is 10.5. The number of aryl methyl sites for hydroxylation is 2. The van der Waals surface area contributed by atoms with Crippen molar-refractivity contribution >= 4 is 34.1 Å². The average molecular weight is 315 g/mol. The number of hydrogen-bond donors (Lipinski definition) is 3. The monoisotopic (exact) mass is 314 g/mol. The lowest BCUT2D eigenvalue weighted by Gasteiger charge is -2.07. The number of benzene rings is 2. The van der Waals surface area contributed by atoms with Crippen molar-refractivity contribution in [2.75, 3.05) is 5.32 Å². The third kappa shape index (κ3) is 2.53. The fourth-order valence-electron chi connectivity index (χ4n) is 2.46. The summed E-state index contributed by atoms with van der Waals surface area (Å²) in [7, 11) is 0. The van der Waals surface area contributed by atoms with Crippen molar-refractivity contribution in [3.63, 3.8) is 0 Å². The zero-order valence-electron chi connectivity index (χ0n) is 12.2. The quantitative estimate of drug-likeness (QED) is 0.614. The number of hydrogen-bond acceptors (Lipinski definition) is 2. The van der Waals surface area contributed by atoms with Crippen LogP contribution in [-0.2, 0) is 0 Å². The van der Waals surface area contributed by atoms with Gasteiger partial charge < -0.3 is 15.4 Å². The first-order valence-corrected chi connectivity index (χ1v) is 7.22. The molecule has 0 spiro atoms. The van der Waals surface area contributed by atoms with Crippen LogP contribution >= 0.6 is 11.6 Å². The van der Waals surface area contributed by atoms with Crippen molar-refractivity contribution in [2.45, 2.75) is 13.8 Å². The number of aromatic nitrogens is 1. The minimum Gasteiger partial charge on any atom is -0.506 e. The predicted octanol–water partition coefficient (Wildman–Crippen LogP) is 4.40. The van der Waals surface area contributed by atoms with E-state index in [0.717, 1.165) is 22.0 Å². The fraction of sp³-hybridized carbons (Fsp3) is 0.118. The maximum atomic E-state index is 12.5. The molecule has 0 fully saturated rings. The van der Waals surface area contributed by atoms with Crippen LogP contribution in [-0.4, -0.2) is 16.0 Å². The number of H-pyrrole nitrogens is 1. The van der Waals surface area contributed by atoms with Crippen LogP contribution < -0.4 is 5.32 Å². The Bertz CT molecular complexity index is 884. The Hall–Kier alpha value is -2.46. The van der Waals surface area contributed by atoms with Crippen LogP contribution in [0.2, 0.25) is 5.02 Å². The molecule has 0 saturated heterocycles. The van der Waals surface area contributed by atoms with Gasteiger partial charge in [0, 0.05) is 15.9 Å². The molecule has 3 aromatic rings. The van der Waals surface area contributed by atoms with Crippen LogP contribution in [0.3, 0.4) is 0 Å². The molecule has 0 saturated carbocycles. The molecule has 1 heterocycles. The van der Waals surface area contributed by atoms with Gasteiger partial charge in [-0.3, -0.25) is 4.79 Å². The van der Waals surface area contributed by atoms with Crippen molar-refractivity contribution in [3.8, 4) is 5.75 Å². The minimum atomic E-state index is -0.316. The molecular weight excluding hydrogens is 300 g/mol. The van der Waals surface area contributed by atoms with Crippen molar-refractivity contribution in [2.24, 2.45) is 0 Å². The topological polar surface area (TPSA) is 65.1 Å². The highest BCUT2D eigenvalue weighted by molar-refractivity contribution is 6.31. The highest BCUT2D eigenvalue weighted by atomic mass is 35.5. The van der Waals surface area contributed by atoms with E-state index >= 15 is 0 Å². The number of aromatic hydroxyl groups is 1. The van der Waals surface area contributed by atoms with Gasteiger partial charge in [-0.15, -0.1) is 0 Å². The SMILES string of the molecule is Cc1ccc2[nH]c(C(=O)Nc3cc(Cl)ccc3O)c(C)c2c1. The van der Waals surface area contributed by atoms with Crippen LogP contribution in [0.5, 0.6) is 5.75 Å². The molecule has 0 aliphatic heterocycles. The summed E-state index contributed by atoms with van der Waals surface area (Å²) in [6.45, 7) is 3.90. The van der Waals surface area contributed by atoms with Crippen LogP contribution in [0.15, 0.2) is 36.4 Å². The Morgan fingerprint density at radius 3 is 2.73 bits per heavy atom. The Morgan fingerprint density at radius 2 is 1.95 bits per heavy atom. The molecule has 22 heavy (non-hydrogen) atoms. The van der Waals surface area contributed by atoms with E-state index in [4.69, 9.17) is 11.6 Å². The summed E-state index contributed by atoms with van der Waals surface area (Å²) in [5, 5.41) is 13.9. The number of carbonyl (C=O) groups excluding carboxylic acids is 1. The lowest BCUT2D eigenvalue weighted by atomic mass is 10.1. The number of phenols is 1. The summed E-state index contributed by atoms with van der Waals surface area (Å²) in [6.07, 6.45) is 0. The molecule has 0 bridgehead atoms. The fourth-order valence-corrected chi connectivity index (χ4v) is 2.63. The molecule has 4 nitrogen and oxygen atoms in total. The number of anilines is 1. The van der Waals surface area contributed by atoms with Gasteiger partial charge in [-0.25, -0.2) is 0 Å². The average Bonchev–Trinajstić information content (AvgIpc) is 2.80. The van der Waals surface area contributed by atoms with E-state index in [-0.39, 0.29) is 17.3 Å². The lowest BCUT2D eigenvalue weighted by Crippen LogP contribution is -2.13. The first-order chi connectivity index (χ1) is 10.5. The van der Waals surface area contributed by atoms with Crippen LogP contribution in [0, 0.1) is 13.8 Å². The van der Waals surface area contributed by atoms with Gasteiger partial charge >= 0.3 is 0 Å². The van der Waals surface area contributed by atoms with Crippen LogP contribution in [0.4, 0.5) is 5.69 Å². The molecule has 1 aromatic heterocycles. The number of rotatable bonds is 2. The molecule has 0 aliphatic rings. The summed E-state index contributed by atoms with van der Waals surface area (Å²) in [5.41, 5.74) is 3.67. The first-order valence-electron chi connectivity index (χ1n) is 6.84. The zero-order valence-corrected chi connectivity index (χ0v) is 13.0. The molecule has 3 N–H and O–H groups in total. The molecule has 3 rings (SSSR count). The Labute approximate surface area is 132 Å². The normalized spacial score (nSPS) is 10.9. The highest BCUT2D eigenvalue weighted by Gasteiger charge is 2.16. The number of carbonyl (C=O) groups is 1. The van der Waals surface area contributed by atoms with Gasteiger partial charge in [-0.05, 0) is 49.7 Å². The first kappa shape index (κ1) is 14.5. The summed E-state index contributed by atoms with van der Waals surface area (Å²) in [4.78, 5) is 15.6. The number of nitrogens with one attached hydrogen (secondary N) is 2. The summed E-state index contributed by atoms with van der Waals surface area (Å²) < 4.78 is 0. The van der Waals surface area contributed by atoms with E-state index in [9.17, 15) is 9.90 Å². The highest BCUT2D eigenvalue weighted by Crippen LogP contribution is 2.28. The van der Waals surface area contributed by atoms with Crippen molar-refractivity contribution in [1.82, 2.24) is 4.98 Å². The second-order valence-corrected chi connectivity index (χ2v) is 5.73. The van der Waals surface area contributed by atoms with E-state index in [1.165, 1.54) is 12.1 Å². The summed E-state index contributed by atoms with van der Waals surface area (Å²) >= 11 is 5.89. The van der Waals surface area contributed by atoms with Crippen LogP contribution in [0.1, 0.15) is 21.6 Å². The Kier molecular flexibility index (Phi) is 3.54. The van der Waals surface area contributed by atoms with E-state index in [2.05, 4.69) is 10.3 Å². The Morgan fingerprint density at radius 1 is 1.18 bits per heavy atom. The van der Waals surface area contributed by atoms with Crippen molar-refractivity contribution in [1.29, 1.82) is 0 Å². The van der Waals surface area contributed by atoms with Crippen molar-refractivity contribution in [3.05, 3.63) is 58.2 Å². The number of amides is 1. The van der Waals surface area contributed by atoms with E-state index in [1.54, 1.807) is 6.07 Å². The lowest BCUT2D eigenvalue weighted by molar-refractivity contribution is 0.102. The van der Waals surface area contributed by atoms with Gasteiger partial charge in [0.15, 0.2) is 0 Å². The number of halogens is 1. The van der Waals surface area contributed by atoms with Gasteiger partial charge in [0.05, 0.1) is 5.69 Å². The minimum absolute atomic E-state index is 0.0256. The molecular formula is C17H15ClN2O2. The third-order valence-electron chi connectivity index (χ3n) is 3.65. The third-order valence-corrected chi connectivity index (χ3v) is 3.88. The second-order valence-electron chi connectivity index (χ2n) is 5.29. The van der Waals surface area contributed by atoms with Gasteiger partial charge in [0.1, 0.15) is 11.4 Å². The van der Waals surface area contributed by atoms with E-state index in [0.29, 0.717) is 10.7 Å². The van der Waals surface area contributed by atoms with Crippen molar-refractivity contribution < 1.29 is 9.90 Å². The molecule has 0 radical (unpaired) electrons. The molecule has 2 aromatic carbocycles. The predicted molar refractivity (Wildman–Crippen MR) is 88.8 cm³/mol. The maximum Gasteiger partial charge on any atom is 0.272 e. The molecule has 112 valence electrons. The largest absolute Gasteiger partial charge is 0.506 e. The summed E-state index contributed by atoms with van der Waals surface area (Å²) in [5.74, 6) is -0.341. The van der Waals surface area contributed by atoms with Gasteiger partial charge in [-0.1, -0.05) is 23.2 Å². The Balaban J connectivity index is 1.99. The standard InChI is InChI=1S/C17H15ClN2O2/c1-9-3-5-13-12(7-9)10(2)16(19-13)17(22)20-14-8-11(18)4-6-15(14)21/h3-8,19,21H,1-2H3,(H,20,22). The molecule has 0 aliphatic carbocycles. The second kappa shape index (κ2) is 5.39. The molecule has 0 atom stereocenters. The number of aromatic amines is 1. The number of phenolic OH excluding ortho intramolecular Hbond substituents is 1. The smallest absolute Gasteiger partial charge is 0.272 e. The molecule has 1 amide bonds. The number of fused-ring (bicyclic) bond motifs is 1. The van der Waals surface area contributed by atoms with Gasteiger partial charge in [0.2, 0.25) is 0 Å². The van der Waals surface area contributed by atoms with E-state index in [1.807, 2.05) is 32.0 Å². The van der Waals surface area contributed by atoms with E-state index < -0.39 is 0 Å². The molecule has 0 unspecified atom stereocenters. The van der Waals surface area contributed by atoms with Crippen LogP contribution in [0.25, 0.3) is 10.9 Å². The maximum absolute atomic E-state index is 12.5.